The number of unbranched alkanes of at least 4 members (excludes halogenated alkanes) is 1. The first-order valence-electron chi connectivity index (χ1n) is 15.1. The molecule has 41 heavy (non-hydrogen) atoms. The van der Waals surface area contributed by atoms with Crippen LogP contribution in [0.5, 0.6) is 0 Å². The van der Waals surface area contributed by atoms with Crippen molar-refractivity contribution in [2.75, 3.05) is 16.3 Å². The maximum atomic E-state index is 2.63. The molecule has 0 bridgehead atoms. The van der Waals surface area contributed by atoms with Crippen LogP contribution in [0.2, 0.25) is 0 Å². The molecule has 0 unspecified atom stereocenters. The van der Waals surface area contributed by atoms with Gasteiger partial charge in [-0.1, -0.05) is 120 Å². The lowest BCUT2D eigenvalue weighted by Gasteiger charge is -2.45. The number of nitrogens with zero attached hydrogens (tertiary/aromatic N) is 2. The Labute approximate surface area is 245 Å². The van der Waals surface area contributed by atoms with Gasteiger partial charge in [0.2, 0.25) is 6.71 Å². The van der Waals surface area contributed by atoms with Gasteiger partial charge in [-0.05, 0) is 73.3 Å². The highest BCUT2D eigenvalue weighted by molar-refractivity contribution is 7.01. The standard InChI is InChI=1S/C37H36B2N2/c1-5-6-23-40-33-19-11-9-17-31(33)39(32-18-10-12-20-34(32)40)41-35-21-13-7-15-29(35)38(30-16-8-14-22-36(30)41)37-27(3)24-26(2)25-28(37)4/h7-22,24-25H,5-6,23H2,1-4H3. The molecule has 0 aromatic heterocycles. The molecule has 0 radical (unpaired) electrons. The van der Waals surface area contributed by atoms with Gasteiger partial charge in [0.05, 0.1) is 0 Å². The second-order valence-electron chi connectivity index (χ2n) is 11.8. The second kappa shape index (κ2) is 10.3. The van der Waals surface area contributed by atoms with E-state index in [1.54, 1.807) is 0 Å². The van der Waals surface area contributed by atoms with Crippen molar-refractivity contribution in [3.63, 3.8) is 0 Å². The zero-order chi connectivity index (χ0) is 28.1. The Morgan fingerprint density at radius 1 is 0.561 bits per heavy atom. The average Bonchev–Trinajstić information content (AvgIpc) is 2.99. The topological polar surface area (TPSA) is 6.48 Å². The third-order valence-electron chi connectivity index (χ3n) is 9.08. The summed E-state index contributed by atoms with van der Waals surface area (Å²) in [6.07, 6.45) is 2.34. The van der Waals surface area contributed by atoms with Crippen molar-refractivity contribution in [2.45, 2.75) is 40.5 Å². The fraction of sp³-hybridized carbons (Fsp3) is 0.189. The van der Waals surface area contributed by atoms with Crippen LogP contribution in [0.4, 0.5) is 22.7 Å². The minimum atomic E-state index is 0.0729. The molecule has 2 heterocycles. The fourth-order valence-electron chi connectivity index (χ4n) is 7.50. The van der Waals surface area contributed by atoms with Gasteiger partial charge in [0.25, 0.3) is 0 Å². The zero-order valence-corrected chi connectivity index (χ0v) is 24.6. The van der Waals surface area contributed by atoms with Gasteiger partial charge < -0.3 is 9.71 Å². The van der Waals surface area contributed by atoms with E-state index in [1.165, 1.54) is 79.6 Å². The average molecular weight is 530 g/mol. The second-order valence-corrected chi connectivity index (χ2v) is 11.8. The molecule has 200 valence electrons. The van der Waals surface area contributed by atoms with E-state index in [4.69, 9.17) is 0 Å². The first-order valence-corrected chi connectivity index (χ1v) is 15.1. The molecule has 2 aliphatic rings. The summed E-state index contributed by atoms with van der Waals surface area (Å²) in [5.74, 6) is 0. The molecule has 0 atom stereocenters. The smallest absolute Gasteiger partial charge is 0.332 e. The van der Waals surface area contributed by atoms with Gasteiger partial charge in [-0.3, -0.25) is 0 Å². The number of anilines is 4. The molecule has 0 fully saturated rings. The number of hydrogen-bond donors (Lipinski definition) is 0. The van der Waals surface area contributed by atoms with Crippen LogP contribution in [0.25, 0.3) is 0 Å². The van der Waals surface area contributed by atoms with Gasteiger partial charge in [-0.2, -0.15) is 0 Å². The van der Waals surface area contributed by atoms with Gasteiger partial charge in [0.1, 0.15) is 0 Å². The van der Waals surface area contributed by atoms with Crippen LogP contribution in [-0.2, 0) is 0 Å². The zero-order valence-electron chi connectivity index (χ0n) is 24.6. The normalized spacial score (nSPS) is 13.5. The monoisotopic (exact) mass is 530 g/mol. The molecule has 4 heteroatoms. The van der Waals surface area contributed by atoms with Gasteiger partial charge in [0, 0.05) is 29.3 Å². The van der Waals surface area contributed by atoms with Gasteiger partial charge in [-0.25, -0.2) is 0 Å². The largest absolute Gasteiger partial charge is 0.378 e. The minimum absolute atomic E-state index is 0.0729. The summed E-state index contributed by atoms with van der Waals surface area (Å²) >= 11 is 0. The van der Waals surface area contributed by atoms with E-state index >= 15 is 0 Å². The number of aryl methyl sites for hydroxylation is 3. The third-order valence-corrected chi connectivity index (χ3v) is 9.08. The quantitative estimate of drug-likeness (QED) is 0.272. The van der Waals surface area contributed by atoms with Crippen LogP contribution in [0, 0.1) is 20.8 Å². The summed E-state index contributed by atoms with van der Waals surface area (Å²) in [4.78, 5) is 5.18. The Balaban J connectivity index is 1.49. The molecule has 0 amide bonds. The van der Waals surface area contributed by atoms with E-state index in [0.717, 1.165) is 6.54 Å². The predicted molar refractivity (Wildman–Crippen MR) is 180 cm³/mol. The number of rotatable bonds is 5. The van der Waals surface area contributed by atoms with E-state index in [0.29, 0.717) is 0 Å². The molecule has 0 saturated heterocycles. The van der Waals surface area contributed by atoms with E-state index in [-0.39, 0.29) is 13.6 Å². The van der Waals surface area contributed by atoms with Gasteiger partial charge >= 0.3 is 6.85 Å². The molecule has 0 aliphatic carbocycles. The lowest BCUT2D eigenvalue weighted by molar-refractivity contribution is 0.787. The van der Waals surface area contributed by atoms with Crippen LogP contribution in [0.3, 0.4) is 0 Å². The SMILES string of the molecule is CCCCN1c2ccccc2B(N2c3ccccc3B(c3c(C)cc(C)cc3C)c3ccccc32)c2ccccc21. The highest BCUT2D eigenvalue weighted by atomic mass is 15.2. The summed E-state index contributed by atoms with van der Waals surface area (Å²) in [5, 5.41) is 0. The Morgan fingerprint density at radius 3 is 1.49 bits per heavy atom. The van der Waals surface area contributed by atoms with Gasteiger partial charge in [-0.15, -0.1) is 0 Å². The number of fused-ring (bicyclic) bond motifs is 4. The molecule has 2 aliphatic heterocycles. The summed E-state index contributed by atoms with van der Waals surface area (Å²) in [6.45, 7) is 10.3. The summed E-state index contributed by atoms with van der Waals surface area (Å²) in [6, 6.07) is 41.1. The highest BCUT2D eigenvalue weighted by Gasteiger charge is 2.44. The fourth-order valence-corrected chi connectivity index (χ4v) is 7.50. The molecule has 0 N–H and O–H groups in total. The molecule has 0 saturated carbocycles. The van der Waals surface area contributed by atoms with Crippen LogP contribution in [0.1, 0.15) is 36.5 Å². The number of benzene rings is 5. The summed E-state index contributed by atoms with van der Waals surface area (Å²) < 4.78 is 0. The lowest BCUT2D eigenvalue weighted by atomic mass is 9.32. The molecule has 5 aromatic rings. The molecule has 2 nitrogen and oxygen atoms in total. The van der Waals surface area contributed by atoms with Crippen molar-refractivity contribution in [1.82, 2.24) is 0 Å². The van der Waals surface area contributed by atoms with E-state index < -0.39 is 0 Å². The van der Waals surface area contributed by atoms with Crippen molar-refractivity contribution in [3.05, 3.63) is 126 Å². The summed E-state index contributed by atoms with van der Waals surface area (Å²) in [5.41, 5.74) is 16.2. The van der Waals surface area contributed by atoms with Crippen molar-refractivity contribution in [1.29, 1.82) is 0 Å². The maximum Gasteiger partial charge on any atom is 0.332 e. The van der Waals surface area contributed by atoms with Crippen molar-refractivity contribution in [3.8, 4) is 0 Å². The lowest BCUT2D eigenvalue weighted by Crippen LogP contribution is -2.66. The molecule has 0 spiro atoms. The van der Waals surface area contributed by atoms with Crippen LogP contribution in [0.15, 0.2) is 109 Å². The Morgan fingerprint density at radius 2 is 1.00 bits per heavy atom. The first-order chi connectivity index (χ1) is 20.1. The molecule has 5 aromatic carbocycles. The first kappa shape index (κ1) is 25.8. The molecular formula is C37H36B2N2. The van der Waals surface area contributed by atoms with E-state index in [2.05, 4.69) is 147 Å². The highest BCUT2D eigenvalue weighted by Crippen LogP contribution is 2.35. The van der Waals surface area contributed by atoms with Gasteiger partial charge in [0.15, 0.2) is 0 Å². The Hall–Kier alpha value is -4.17. The van der Waals surface area contributed by atoms with Crippen LogP contribution < -0.4 is 37.0 Å². The number of para-hydroxylation sites is 4. The maximum absolute atomic E-state index is 2.63. The van der Waals surface area contributed by atoms with Crippen LogP contribution in [-0.4, -0.2) is 20.1 Å². The minimum Gasteiger partial charge on any atom is -0.378 e. The van der Waals surface area contributed by atoms with Crippen LogP contribution >= 0.6 is 0 Å². The van der Waals surface area contributed by atoms with Crippen molar-refractivity contribution < 1.29 is 0 Å². The van der Waals surface area contributed by atoms with E-state index in [1.807, 2.05) is 0 Å². The summed E-state index contributed by atoms with van der Waals surface area (Å²) in [7, 11) is 0. The molecular weight excluding hydrogens is 494 g/mol. The molecule has 7 rings (SSSR count). The van der Waals surface area contributed by atoms with Crippen molar-refractivity contribution >= 4 is 63.6 Å². The Kier molecular flexibility index (Phi) is 6.50. The van der Waals surface area contributed by atoms with E-state index in [9.17, 15) is 0 Å². The Bertz CT molecular complexity index is 1640. The predicted octanol–water partition coefficient (Wildman–Crippen LogP) is 5.64. The number of hydrogen-bond acceptors (Lipinski definition) is 2. The van der Waals surface area contributed by atoms with Crippen molar-refractivity contribution in [2.24, 2.45) is 0 Å². The third kappa shape index (κ3) is 4.11.